The highest BCUT2D eigenvalue weighted by molar-refractivity contribution is 6.43. The number of hydrogen-bond acceptors (Lipinski definition) is 1. The molecule has 0 aliphatic carbocycles. The molecule has 1 saturated heterocycles. The van der Waals surface area contributed by atoms with Crippen LogP contribution in [0.5, 0.6) is 0 Å². The fourth-order valence-electron chi connectivity index (χ4n) is 2.54. The lowest BCUT2D eigenvalue weighted by Crippen LogP contribution is -2.35. The van der Waals surface area contributed by atoms with Crippen molar-refractivity contribution in [3.63, 3.8) is 0 Å². The molecule has 1 atom stereocenters. The molecular weight excluding hydrogens is 305 g/mol. The minimum absolute atomic E-state index is 0.0235. The van der Waals surface area contributed by atoms with Crippen molar-refractivity contribution < 1.29 is 4.79 Å². The smallest absolute Gasteiger partial charge is 0.255 e. The summed E-state index contributed by atoms with van der Waals surface area (Å²) in [5.41, 5.74) is 0.493. The first-order valence-corrected chi connectivity index (χ1v) is 7.75. The maximum absolute atomic E-state index is 12.5. The van der Waals surface area contributed by atoms with E-state index in [1.165, 1.54) is 0 Å². The summed E-state index contributed by atoms with van der Waals surface area (Å²) in [4.78, 5) is 14.5. The number of carbonyl (C=O) groups is 1. The van der Waals surface area contributed by atoms with Crippen molar-refractivity contribution in [1.29, 1.82) is 0 Å². The van der Waals surface area contributed by atoms with Gasteiger partial charge in [-0.3, -0.25) is 4.79 Å². The lowest BCUT2D eigenvalue weighted by Gasteiger charge is -2.25. The van der Waals surface area contributed by atoms with Gasteiger partial charge in [-0.25, -0.2) is 0 Å². The molecule has 19 heavy (non-hydrogen) atoms. The maximum Gasteiger partial charge on any atom is 0.255 e. The van der Waals surface area contributed by atoms with E-state index in [1.54, 1.807) is 18.2 Å². The van der Waals surface area contributed by atoms with E-state index in [0.29, 0.717) is 21.5 Å². The Morgan fingerprint density at radius 2 is 2.16 bits per heavy atom. The molecule has 1 heterocycles. The van der Waals surface area contributed by atoms with Gasteiger partial charge in [0.05, 0.1) is 15.6 Å². The molecule has 1 aromatic carbocycles. The van der Waals surface area contributed by atoms with Crippen LogP contribution in [0.25, 0.3) is 0 Å². The van der Waals surface area contributed by atoms with Gasteiger partial charge in [-0.15, -0.1) is 11.6 Å². The fourth-order valence-corrected chi connectivity index (χ4v) is 3.08. The van der Waals surface area contributed by atoms with Crippen molar-refractivity contribution in [3.8, 4) is 0 Å². The summed E-state index contributed by atoms with van der Waals surface area (Å²) in [6, 6.07) is 5.45. The Morgan fingerprint density at radius 3 is 2.89 bits per heavy atom. The van der Waals surface area contributed by atoms with Crippen LogP contribution in [0, 0.1) is 0 Å². The summed E-state index contributed by atoms with van der Waals surface area (Å²) in [6.45, 7) is 0.786. The van der Waals surface area contributed by atoms with Gasteiger partial charge < -0.3 is 4.90 Å². The first-order valence-electron chi connectivity index (χ1n) is 6.46. The molecule has 0 aromatic heterocycles. The molecule has 0 saturated carbocycles. The third kappa shape index (κ3) is 3.36. The van der Waals surface area contributed by atoms with Gasteiger partial charge in [0, 0.05) is 18.5 Å². The van der Waals surface area contributed by atoms with E-state index in [9.17, 15) is 4.79 Å². The molecule has 0 spiro atoms. The first kappa shape index (κ1) is 15.0. The van der Waals surface area contributed by atoms with Crippen molar-refractivity contribution in [1.82, 2.24) is 4.90 Å². The normalized spacial score (nSPS) is 18.9. The summed E-state index contributed by atoms with van der Waals surface area (Å²) >= 11 is 17.8. The molecular formula is C14H16Cl3NO. The van der Waals surface area contributed by atoms with Crippen LogP contribution in [0.4, 0.5) is 0 Å². The number of benzene rings is 1. The van der Waals surface area contributed by atoms with Crippen LogP contribution >= 0.6 is 34.8 Å². The zero-order valence-electron chi connectivity index (χ0n) is 10.5. The maximum atomic E-state index is 12.5. The van der Waals surface area contributed by atoms with E-state index in [0.717, 1.165) is 32.2 Å². The summed E-state index contributed by atoms with van der Waals surface area (Å²) in [6.07, 6.45) is 3.96. The molecule has 0 bridgehead atoms. The third-order valence-electron chi connectivity index (χ3n) is 3.49. The SMILES string of the molecule is O=C(c1cccc(Cl)c1Cl)N1CCCC1CCCCl. The van der Waals surface area contributed by atoms with Gasteiger partial charge in [-0.2, -0.15) is 0 Å². The van der Waals surface area contributed by atoms with Gasteiger partial charge in [0.15, 0.2) is 0 Å². The van der Waals surface area contributed by atoms with Crippen molar-refractivity contribution >= 4 is 40.7 Å². The monoisotopic (exact) mass is 319 g/mol. The highest BCUT2D eigenvalue weighted by Gasteiger charge is 2.30. The minimum atomic E-state index is -0.0235. The van der Waals surface area contributed by atoms with E-state index in [2.05, 4.69) is 0 Å². The average molecular weight is 321 g/mol. The number of carbonyl (C=O) groups excluding carboxylic acids is 1. The first-order chi connectivity index (χ1) is 9.15. The number of hydrogen-bond donors (Lipinski definition) is 0. The predicted octanol–water partition coefficient (Wildman–Crippen LogP) is 4.62. The van der Waals surface area contributed by atoms with Gasteiger partial charge in [-0.1, -0.05) is 29.3 Å². The summed E-state index contributed by atoms with van der Waals surface area (Å²) in [5.74, 6) is 0.612. The molecule has 2 nitrogen and oxygen atoms in total. The highest BCUT2D eigenvalue weighted by Crippen LogP contribution is 2.30. The van der Waals surface area contributed by atoms with E-state index >= 15 is 0 Å². The zero-order chi connectivity index (χ0) is 13.8. The van der Waals surface area contributed by atoms with E-state index < -0.39 is 0 Å². The molecule has 1 unspecified atom stereocenters. The lowest BCUT2D eigenvalue weighted by atomic mass is 10.1. The second-order valence-corrected chi connectivity index (χ2v) is 5.89. The van der Waals surface area contributed by atoms with E-state index in [-0.39, 0.29) is 11.9 Å². The van der Waals surface area contributed by atoms with Crippen LogP contribution < -0.4 is 0 Å². The number of halogens is 3. The molecule has 104 valence electrons. The second-order valence-electron chi connectivity index (χ2n) is 4.73. The Kier molecular flexibility index (Phi) is 5.37. The summed E-state index contributed by atoms with van der Waals surface area (Å²) in [7, 11) is 0. The molecule has 1 amide bonds. The Hall–Kier alpha value is -0.440. The van der Waals surface area contributed by atoms with Crippen LogP contribution in [-0.2, 0) is 0 Å². The van der Waals surface area contributed by atoms with Gasteiger partial charge in [0.25, 0.3) is 5.91 Å². The molecule has 0 radical (unpaired) electrons. The van der Waals surface area contributed by atoms with Crippen molar-refractivity contribution in [2.45, 2.75) is 31.7 Å². The zero-order valence-corrected chi connectivity index (χ0v) is 12.8. The van der Waals surface area contributed by atoms with E-state index in [4.69, 9.17) is 34.8 Å². The molecule has 1 fully saturated rings. The van der Waals surface area contributed by atoms with Gasteiger partial charge in [0.1, 0.15) is 0 Å². The summed E-state index contributed by atoms with van der Waals surface area (Å²) < 4.78 is 0. The third-order valence-corrected chi connectivity index (χ3v) is 4.58. The van der Waals surface area contributed by atoms with Crippen LogP contribution in [0.2, 0.25) is 10.0 Å². The molecule has 1 aliphatic rings. The van der Waals surface area contributed by atoms with Gasteiger partial charge in [0.2, 0.25) is 0 Å². The topological polar surface area (TPSA) is 20.3 Å². The minimum Gasteiger partial charge on any atom is -0.336 e. The summed E-state index contributed by atoms with van der Waals surface area (Å²) in [5, 5.41) is 0.765. The van der Waals surface area contributed by atoms with Crippen LogP contribution in [0.15, 0.2) is 18.2 Å². The van der Waals surface area contributed by atoms with Crippen molar-refractivity contribution in [2.24, 2.45) is 0 Å². The fraction of sp³-hybridized carbons (Fsp3) is 0.500. The number of nitrogens with zero attached hydrogens (tertiary/aromatic N) is 1. The molecule has 1 aromatic rings. The van der Waals surface area contributed by atoms with Crippen LogP contribution in [0.3, 0.4) is 0 Å². The average Bonchev–Trinajstić information content (AvgIpc) is 2.87. The van der Waals surface area contributed by atoms with E-state index in [1.807, 2.05) is 4.90 Å². The molecule has 2 rings (SSSR count). The van der Waals surface area contributed by atoms with Crippen molar-refractivity contribution in [2.75, 3.05) is 12.4 Å². The number of amides is 1. The van der Waals surface area contributed by atoms with Crippen LogP contribution in [-0.4, -0.2) is 29.3 Å². The number of likely N-dealkylation sites (tertiary alicyclic amines) is 1. The van der Waals surface area contributed by atoms with Gasteiger partial charge in [-0.05, 0) is 37.8 Å². The largest absolute Gasteiger partial charge is 0.336 e. The van der Waals surface area contributed by atoms with Gasteiger partial charge >= 0.3 is 0 Å². The number of rotatable bonds is 4. The Labute approximate surface area is 128 Å². The molecule has 5 heteroatoms. The van der Waals surface area contributed by atoms with Crippen molar-refractivity contribution in [3.05, 3.63) is 33.8 Å². The highest BCUT2D eigenvalue weighted by atomic mass is 35.5. The standard InChI is InChI=1S/C14H16Cl3NO/c15-8-2-4-10-5-3-9-18(10)14(19)11-6-1-7-12(16)13(11)17/h1,6-7,10H,2-5,8-9H2. The predicted molar refractivity (Wildman–Crippen MR) is 80.5 cm³/mol. The Morgan fingerprint density at radius 1 is 1.37 bits per heavy atom. The quantitative estimate of drug-likeness (QED) is 0.741. The van der Waals surface area contributed by atoms with Crippen LogP contribution in [0.1, 0.15) is 36.0 Å². The Bertz CT molecular complexity index is 464. The second kappa shape index (κ2) is 6.83. The number of alkyl halides is 1. The molecule has 1 aliphatic heterocycles. The molecule has 0 N–H and O–H groups in total. The lowest BCUT2D eigenvalue weighted by molar-refractivity contribution is 0.0730. The Balaban J connectivity index is 2.16.